The molecule has 43 heavy (non-hydrogen) atoms. The summed E-state index contributed by atoms with van der Waals surface area (Å²) in [4.78, 5) is 30.8. The minimum Gasteiger partial charge on any atom is -0.393 e. The van der Waals surface area contributed by atoms with E-state index in [2.05, 4.69) is 21.9 Å². The molecule has 8 nitrogen and oxygen atoms in total. The second-order valence-electron chi connectivity index (χ2n) is 12.3. The standard InChI is InChI=1S/C33H42Cl2N6O2/c1-22(42)2-7-40-10-5-25(6-11-40)32-20-37-30(19-38-32)18-29-12-24(21-41-8-3-23(4-9-41)14-33(36)43)13-31(39-29)26-15-27(34)17-28(35)16-26/h12-13,15-17,19-20,22-23,25,42H,2-11,14,18,21H2,1H3,(H2,36,43). The van der Waals surface area contributed by atoms with Gasteiger partial charge in [-0.2, -0.15) is 0 Å². The van der Waals surface area contributed by atoms with Gasteiger partial charge in [-0.25, -0.2) is 0 Å². The van der Waals surface area contributed by atoms with Crippen molar-refractivity contribution in [2.75, 3.05) is 32.7 Å². The van der Waals surface area contributed by atoms with Gasteiger partial charge in [-0.3, -0.25) is 24.6 Å². The molecule has 0 aliphatic carbocycles. The first kappa shape index (κ1) is 31.8. The number of amides is 1. The van der Waals surface area contributed by atoms with Crippen LogP contribution in [0.3, 0.4) is 0 Å². The van der Waals surface area contributed by atoms with Crippen LogP contribution in [-0.4, -0.2) is 74.6 Å². The molecular weight excluding hydrogens is 583 g/mol. The van der Waals surface area contributed by atoms with Crippen LogP contribution in [0.4, 0.5) is 0 Å². The van der Waals surface area contributed by atoms with Crippen molar-refractivity contribution in [3.8, 4) is 11.3 Å². The third-order valence-corrected chi connectivity index (χ3v) is 9.09. The summed E-state index contributed by atoms with van der Waals surface area (Å²) in [5, 5.41) is 10.7. The molecule has 0 saturated carbocycles. The number of aliphatic hydroxyl groups excluding tert-OH is 1. The van der Waals surface area contributed by atoms with Gasteiger partial charge in [-0.1, -0.05) is 23.2 Å². The van der Waals surface area contributed by atoms with E-state index in [0.717, 1.165) is 105 Å². The van der Waals surface area contributed by atoms with Crippen LogP contribution in [-0.2, 0) is 17.8 Å². The number of carbonyl (C=O) groups is 1. The van der Waals surface area contributed by atoms with E-state index < -0.39 is 0 Å². The Morgan fingerprint density at radius 2 is 1.65 bits per heavy atom. The van der Waals surface area contributed by atoms with Crippen molar-refractivity contribution in [1.82, 2.24) is 24.8 Å². The fourth-order valence-corrected chi connectivity index (χ4v) is 6.77. The fourth-order valence-electron chi connectivity index (χ4n) is 6.25. The first-order chi connectivity index (χ1) is 20.7. The Morgan fingerprint density at radius 3 is 2.28 bits per heavy atom. The lowest BCUT2D eigenvalue weighted by Crippen LogP contribution is -2.35. The van der Waals surface area contributed by atoms with Crippen LogP contribution < -0.4 is 5.73 Å². The van der Waals surface area contributed by atoms with Crippen LogP contribution in [0.1, 0.15) is 74.0 Å². The number of hydrogen-bond acceptors (Lipinski definition) is 7. The summed E-state index contributed by atoms with van der Waals surface area (Å²) in [7, 11) is 0. The summed E-state index contributed by atoms with van der Waals surface area (Å²) in [6.07, 6.45) is 9.49. The van der Waals surface area contributed by atoms with E-state index in [9.17, 15) is 9.90 Å². The maximum absolute atomic E-state index is 11.4. The van der Waals surface area contributed by atoms with E-state index >= 15 is 0 Å². The van der Waals surface area contributed by atoms with Crippen molar-refractivity contribution in [3.63, 3.8) is 0 Å². The summed E-state index contributed by atoms with van der Waals surface area (Å²) in [5.41, 5.74) is 11.1. The van der Waals surface area contributed by atoms with E-state index in [1.165, 1.54) is 0 Å². The Kier molecular flexibility index (Phi) is 11.0. The lowest BCUT2D eigenvalue weighted by Gasteiger charge is -2.31. The van der Waals surface area contributed by atoms with Gasteiger partial charge in [0.2, 0.25) is 5.91 Å². The highest BCUT2D eigenvalue weighted by molar-refractivity contribution is 6.35. The van der Waals surface area contributed by atoms with E-state index in [0.29, 0.717) is 34.7 Å². The van der Waals surface area contributed by atoms with E-state index in [4.69, 9.17) is 43.9 Å². The largest absolute Gasteiger partial charge is 0.393 e. The molecule has 0 radical (unpaired) electrons. The van der Waals surface area contributed by atoms with Crippen LogP contribution >= 0.6 is 23.2 Å². The molecule has 2 fully saturated rings. The lowest BCUT2D eigenvalue weighted by molar-refractivity contribution is -0.119. The molecule has 0 spiro atoms. The van der Waals surface area contributed by atoms with Crippen molar-refractivity contribution in [3.05, 3.63) is 75.4 Å². The maximum Gasteiger partial charge on any atom is 0.217 e. The molecule has 5 rings (SSSR count). The lowest BCUT2D eigenvalue weighted by atomic mass is 9.93. The number of likely N-dealkylation sites (tertiary alicyclic amines) is 2. The molecule has 2 aromatic heterocycles. The van der Waals surface area contributed by atoms with Gasteiger partial charge in [0, 0.05) is 65.5 Å². The Bertz CT molecular complexity index is 1350. The minimum absolute atomic E-state index is 0.215. The Hall–Kier alpha value is -2.62. The van der Waals surface area contributed by atoms with Crippen LogP contribution in [0.15, 0.2) is 42.7 Å². The van der Waals surface area contributed by atoms with Gasteiger partial charge in [0.1, 0.15) is 0 Å². The molecule has 4 heterocycles. The van der Waals surface area contributed by atoms with Gasteiger partial charge in [0.05, 0.1) is 23.2 Å². The van der Waals surface area contributed by atoms with Gasteiger partial charge in [-0.15, -0.1) is 0 Å². The molecule has 1 atom stereocenters. The second-order valence-corrected chi connectivity index (χ2v) is 13.1. The zero-order valence-corrected chi connectivity index (χ0v) is 26.4. The van der Waals surface area contributed by atoms with E-state index in [-0.39, 0.29) is 12.0 Å². The van der Waals surface area contributed by atoms with Gasteiger partial charge in [0.15, 0.2) is 0 Å². The van der Waals surface area contributed by atoms with Crippen LogP contribution in [0.25, 0.3) is 11.3 Å². The highest BCUT2D eigenvalue weighted by Crippen LogP contribution is 2.30. The van der Waals surface area contributed by atoms with Gasteiger partial charge >= 0.3 is 0 Å². The molecule has 1 unspecified atom stereocenters. The summed E-state index contributed by atoms with van der Waals surface area (Å²) >= 11 is 12.7. The Morgan fingerprint density at radius 1 is 0.953 bits per heavy atom. The van der Waals surface area contributed by atoms with Crippen molar-refractivity contribution < 1.29 is 9.90 Å². The average Bonchev–Trinajstić information content (AvgIpc) is 2.97. The number of pyridine rings is 1. The predicted octanol–water partition coefficient (Wildman–Crippen LogP) is 5.47. The first-order valence-corrected chi connectivity index (χ1v) is 16.1. The number of aromatic nitrogens is 3. The highest BCUT2D eigenvalue weighted by Gasteiger charge is 2.23. The number of benzene rings is 1. The minimum atomic E-state index is -0.252. The smallest absolute Gasteiger partial charge is 0.217 e. The quantitative estimate of drug-likeness (QED) is 0.291. The number of primary amides is 1. The summed E-state index contributed by atoms with van der Waals surface area (Å²) in [6.45, 7) is 7.49. The van der Waals surface area contributed by atoms with Gasteiger partial charge in [0.25, 0.3) is 0 Å². The molecule has 2 saturated heterocycles. The molecule has 0 bridgehead atoms. The van der Waals surface area contributed by atoms with E-state index in [1.807, 2.05) is 31.5 Å². The average molecular weight is 626 g/mol. The van der Waals surface area contributed by atoms with Crippen molar-refractivity contribution in [1.29, 1.82) is 0 Å². The van der Waals surface area contributed by atoms with E-state index in [1.54, 1.807) is 6.07 Å². The number of aliphatic hydroxyl groups is 1. The number of nitrogens with two attached hydrogens (primary N) is 1. The number of halogens is 2. The van der Waals surface area contributed by atoms with Crippen molar-refractivity contribution in [2.45, 2.75) is 70.4 Å². The highest BCUT2D eigenvalue weighted by atomic mass is 35.5. The van der Waals surface area contributed by atoms with Crippen molar-refractivity contribution >= 4 is 29.1 Å². The summed E-state index contributed by atoms with van der Waals surface area (Å²) in [6, 6.07) is 9.78. The van der Waals surface area contributed by atoms with Crippen LogP contribution in [0.5, 0.6) is 0 Å². The first-order valence-electron chi connectivity index (χ1n) is 15.4. The zero-order chi connectivity index (χ0) is 30.3. The van der Waals surface area contributed by atoms with Crippen LogP contribution in [0, 0.1) is 5.92 Å². The normalized spacial score (nSPS) is 18.1. The third-order valence-electron chi connectivity index (χ3n) is 8.66. The second kappa shape index (κ2) is 14.9. The molecular formula is C33H42Cl2N6O2. The number of rotatable bonds is 11. The van der Waals surface area contributed by atoms with Crippen LogP contribution in [0.2, 0.25) is 10.0 Å². The van der Waals surface area contributed by atoms with Crippen molar-refractivity contribution in [2.24, 2.45) is 11.7 Å². The molecule has 1 amide bonds. The molecule has 1 aromatic carbocycles. The number of carbonyl (C=O) groups excluding carboxylic acids is 1. The Balaban J connectivity index is 1.28. The maximum atomic E-state index is 11.4. The molecule has 3 N–H and O–H groups in total. The summed E-state index contributed by atoms with van der Waals surface area (Å²) in [5.74, 6) is 0.569. The number of piperidine rings is 2. The summed E-state index contributed by atoms with van der Waals surface area (Å²) < 4.78 is 0. The molecule has 2 aliphatic heterocycles. The Labute approximate surface area is 264 Å². The molecule has 230 valence electrons. The van der Waals surface area contributed by atoms with Gasteiger partial charge in [-0.05, 0) is 107 Å². The fraction of sp³-hybridized carbons (Fsp3) is 0.515. The monoisotopic (exact) mass is 624 g/mol. The molecule has 10 heteroatoms. The predicted molar refractivity (Wildman–Crippen MR) is 171 cm³/mol. The SMILES string of the molecule is CC(O)CCN1CCC(c2cnc(Cc3cc(CN4CCC(CC(N)=O)CC4)cc(-c4cc(Cl)cc(Cl)c4)n3)cn2)CC1. The third kappa shape index (κ3) is 9.43. The zero-order valence-electron chi connectivity index (χ0n) is 24.9. The topological polar surface area (TPSA) is 108 Å². The molecule has 3 aromatic rings. The molecule has 2 aliphatic rings. The number of hydrogen-bond donors (Lipinski definition) is 2. The number of nitrogens with zero attached hydrogens (tertiary/aromatic N) is 5. The van der Waals surface area contributed by atoms with Gasteiger partial charge < -0.3 is 15.7 Å².